The van der Waals surface area contributed by atoms with E-state index in [0.29, 0.717) is 6.61 Å². The van der Waals surface area contributed by atoms with E-state index in [-0.39, 0.29) is 12.3 Å². The molecule has 1 atom stereocenters. The van der Waals surface area contributed by atoms with Crippen LogP contribution in [0.4, 0.5) is 0 Å². The van der Waals surface area contributed by atoms with Gasteiger partial charge in [-0.3, -0.25) is 4.79 Å². The Hall–Kier alpha value is -1.51. The number of carbonyl (C=O) groups is 1. The second kappa shape index (κ2) is 5.71. The SMILES string of the molecule is CCOc1cc(C)c(C(C)CC(=O)O)cc1C. The Morgan fingerprint density at radius 1 is 1.35 bits per heavy atom. The van der Waals surface area contributed by atoms with Crippen LogP contribution in [0.15, 0.2) is 12.1 Å². The number of aliphatic carboxylic acids is 1. The lowest BCUT2D eigenvalue weighted by atomic mass is 9.92. The normalized spacial score (nSPS) is 12.2. The first-order valence-electron chi connectivity index (χ1n) is 5.91. The van der Waals surface area contributed by atoms with Gasteiger partial charge < -0.3 is 9.84 Å². The Bertz CT molecular complexity index is 410. The largest absolute Gasteiger partial charge is 0.494 e. The van der Waals surface area contributed by atoms with Crippen LogP contribution in [0.3, 0.4) is 0 Å². The fourth-order valence-electron chi connectivity index (χ4n) is 2.03. The van der Waals surface area contributed by atoms with Crippen molar-refractivity contribution < 1.29 is 14.6 Å². The van der Waals surface area contributed by atoms with Gasteiger partial charge in [-0.1, -0.05) is 13.0 Å². The van der Waals surface area contributed by atoms with E-state index in [9.17, 15) is 4.79 Å². The van der Waals surface area contributed by atoms with Crippen molar-refractivity contribution in [1.82, 2.24) is 0 Å². The lowest BCUT2D eigenvalue weighted by molar-refractivity contribution is -0.137. The molecule has 17 heavy (non-hydrogen) atoms. The smallest absolute Gasteiger partial charge is 0.303 e. The summed E-state index contributed by atoms with van der Waals surface area (Å²) in [6, 6.07) is 4.03. The lowest BCUT2D eigenvalue weighted by Gasteiger charge is -2.16. The maximum Gasteiger partial charge on any atom is 0.303 e. The number of benzene rings is 1. The highest BCUT2D eigenvalue weighted by Gasteiger charge is 2.14. The van der Waals surface area contributed by atoms with Crippen molar-refractivity contribution in [3.8, 4) is 5.75 Å². The fraction of sp³-hybridized carbons (Fsp3) is 0.500. The quantitative estimate of drug-likeness (QED) is 0.853. The molecule has 1 N–H and O–H groups in total. The number of carboxylic acids is 1. The monoisotopic (exact) mass is 236 g/mol. The topological polar surface area (TPSA) is 46.5 Å². The third kappa shape index (κ3) is 3.48. The Kier molecular flexibility index (Phi) is 4.55. The van der Waals surface area contributed by atoms with Gasteiger partial charge in [-0.05, 0) is 49.4 Å². The van der Waals surface area contributed by atoms with E-state index in [0.717, 1.165) is 22.4 Å². The molecule has 0 aliphatic heterocycles. The Labute approximate surface area is 102 Å². The highest BCUT2D eigenvalue weighted by Crippen LogP contribution is 2.29. The second-order valence-corrected chi connectivity index (χ2v) is 4.41. The summed E-state index contributed by atoms with van der Waals surface area (Å²) in [4.78, 5) is 10.7. The van der Waals surface area contributed by atoms with Crippen molar-refractivity contribution in [2.24, 2.45) is 0 Å². The molecule has 0 radical (unpaired) electrons. The van der Waals surface area contributed by atoms with Crippen LogP contribution in [-0.2, 0) is 4.79 Å². The molecular weight excluding hydrogens is 216 g/mol. The molecule has 0 heterocycles. The number of aryl methyl sites for hydroxylation is 2. The predicted molar refractivity (Wildman–Crippen MR) is 67.8 cm³/mol. The van der Waals surface area contributed by atoms with Gasteiger partial charge in [0, 0.05) is 0 Å². The van der Waals surface area contributed by atoms with Crippen LogP contribution >= 0.6 is 0 Å². The first-order chi connectivity index (χ1) is 7.95. The molecule has 3 nitrogen and oxygen atoms in total. The molecule has 0 spiro atoms. The van der Waals surface area contributed by atoms with Gasteiger partial charge in [0.25, 0.3) is 0 Å². The van der Waals surface area contributed by atoms with Gasteiger partial charge in [0.15, 0.2) is 0 Å². The highest BCUT2D eigenvalue weighted by molar-refractivity contribution is 5.68. The maximum atomic E-state index is 10.7. The van der Waals surface area contributed by atoms with Crippen LogP contribution in [0.1, 0.15) is 42.9 Å². The van der Waals surface area contributed by atoms with Gasteiger partial charge in [-0.2, -0.15) is 0 Å². The first-order valence-corrected chi connectivity index (χ1v) is 5.91. The molecule has 0 saturated carbocycles. The molecular formula is C14H20O3. The number of rotatable bonds is 5. The van der Waals surface area contributed by atoms with Gasteiger partial charge in [0.05, 0.1) is 13.0 Å². The van der Waals surface area contributed by atoms with Crippen molar-refractivity contribution in [1.29, 1.82) is 0 Å². The molecule has 0 aromatic heterocycles. The molecule has 1 aromatic rings. The molecule has 0 aliphatic rings. The van der Waals surface area contributed by atoms with E-state index in [2.05, 4.69) is 0 Å². The summed E-state index contributed by atoms with van der Waals surface area (Å²) in [5.74, 6) is 0.154. The fourth-order valence-corrected chi connectivity index (χ4v) is 2.03. The summed E-state index contributed by atoms with van der Waals surface area (Å²) in [6.45, 7) is 8.52. The van der Waals surface area contributed by atoms with Crippen molar-refractivity contribution >= 4 is 5.97 Å². The molecule has 94 valence electrons. The van der Waals surface area contributed by atoms with Gasteiger partial charge >= 0.3 is 5.97 Å². The van der Waals surface area contributed by atoms with Gasteiger partial charge in [0.2, 0.25) is 0 Å². The average Bonchev–Trinajstić information content (AvgIpc) is 2.22. The summed E-state index contributed by atoms with van der Waals surface area (Å²) in [6.07, 6.45) is 0.161. The molecule has 1 aromatic carbocycles. The van der Waals surface area contributed by atoms with E-state index in [4.69, 9.17) is 9.84 Å². The number of hydrogen-bond donors (Lipinski definition) is 1. The van der Waals surface area contributed by atoms with Gasteiger partial charge in [-0.25, -0.2) is 0 Å². The van der Waals surface area contributed by atoms with Gasteiger partial charge in [0.1, 0.15) is 5.75 Å². The third-order valence-electron chi connectivity index (χ3n) is 2.88. The molecule has 1 rings (SSSR count). The number of hydrogen-bond acceptors (Lipinski definition) is 2. The van der Waals surface area contributed by atoms with E-state index >= 15 is 0 Å². The number of carboxylic acid groups (broad SMARTS) is 1. The predicted octanol–water partition coefficient (Wildman–Crippen LogP) is 3.28. The highest BCUT2D eigenvalue weighted by atomic mass is 16.5. The Morgan fingerprint density at radius 2 is 2.00 bits per heavy atom. The van der Waals surface area contributed by atoms with E-state index < -0.39 is 5.97 Å². The van der Waals surface area contributed by atoms with Crippen LogP contribution in [0.25, 0.3) is 0 Å². The lowest BCUT2D eigenvalue weighted by Crippen LogP contribution is -2.05. The standard InChI is InChI=1S/C14H20O3/c1-5-17-13-7-9(2)12(6-11(13)4)10(3)8-14(15)16/h6-7,10H,5,8H2,1-4H3,(H,15,16). The summed E-state index contributed by atoms with van der Waals surface area (Å²) in [7, 11) is 0. The van der Waals surface area contributed by atoms with Crippen molar-refractivity contribution in [3.05, 3.63) is 28.8 Å². The zero-order valence-corrected chi connectivity index (χ0v) is 10.9. The summed E-state index contributed by atoms with van der Waals surface area (Å²) >= 11 is 0. The van der Waals surface area contributed by atoms with Crippen molar-refractivity contribution in [3.63, 3.8) is 0 Å². The van der Waals surface area contributed by atoms with Crippen LogP contribution in [0.2, 0.25) is 0 Å². The summed E-state index contributed by atoms with van der Waals surface area (Å²) in [5.41, 5.74) is 3.24. The molecule has 0 aliphatic carbocycles. The first kappa shape index (κ1) is 13.6. The average molecular weight is 236 g/mol. The summed E-state index contributed by atoms with van der Waals surface area (Å²) in [5, 5.41) is 8.82. The maximum absolute atomic E-state index is 10.7. The Balaban J connectivity index is 3.02. The molecule has 0 fully saturated rings. The van der Waals surface area contributed by atoms with E-state index in [1.165, 1.54) is 0 Å². The molecule has 0 saturated heterocycles. The number of ether oxygens (including phenoxy) is 1. The minimum absolute atomic E-state index is 0.0295. The Morgan fingerprint density at radius 3 is 2.53 bits per heavy atom. The molecule has 0 amide bonds. The zero-order valence-electron chi connectivity index (χ0n) is 10.9. The molecule has 0 bridgehead atoms. The van der Waals surface area contributed by atoms with Crippen LogP contribution in [0, 0.1) is 13.8 Å². The van der Waals surface area contributed by atoms with E-state index in [1.807, 2.05) is 39.8 Å². The third-order valence-corrected chi connectivity index (χ3v) is 2.88. The van der Waals surface area contributed by atoms with Crippen molar-refractivity contribution in [2.75, 3.05) is 6.61 Å². The molecule has 1 unspecified atom stereocenters. The second-order valence-electron chi connectivity index (χ2n) is 4.41. The minimum atomic E-state index is -0.761. The van der Waals surface area contributed by atoms with Gasteiger partial charge in [-0.15, -0.1) is 0 Å². The minimum Gasteiger partial charge on any atom is -0.494 e. The molecule has 3 heteroatoms. The van der Waals surface area contributed by atoms with Crippen LogP contribution in [0.5, 0.6) is 5.75 Å². The van der Waals surface area contributed by atoms with E-state index in [1.54, 1.807) is 0 Å². The summed E-state index contributed by atoms with van der Waals surface area (Å²) < 4.78 is 5.52. The zero-order chi connectivity index (χ0) is 13.0. The van der Waals surface area contributed by atoms with Crippen molar-refractivity contribution in [2.45, 2.75) is 40.0 Å². The van der Waals surface area contributed by atoms with Crippen LogP contribution in [-0.4, -0.2) is 17.7 Å². The van der Waals surface area contributed by atoms with Crippen LogP contribution < -0.4 is 4.74 Å².